The van der Waals surface area contributed by atoms with E-state index in [0.717, 1.165) is 11.1 Å². The number of aromatic nitrogens is 8. The Morgan fingerprint density at radius 3 is 1.18 bits per heavy atom. The first-order valence-corrected chi connectivity index (χ1v) is 22.4. The van der Waals surface area contributed by atoms with Gasteiger partial charge in [0.25, 0.3) is 0 Å². The summed E-state index contributed by atoms with van der Waals surface area (Å²) < 4.78 is 35.1. The molecule has 4 heterocycles. The number of esters is 3. The summed E-state index contributed by atoms with van der Waals surface area (Å²) in [4.78, 5) is 77.7. The number of benzene rings is 2. The topological polar surface area (TPSA) is 245 Å². The van der Waals surface area contributed by atoms with Crippen LogP contribution >= 0.6 is 15.9 Å². The van der Waals surface area contributed by atoms with Gasteiger partial charge in [0.15, 0.2) is 16.4 Å². The summed E-state index contributed by atoms with van der Waals surface area (Å²) in [7, 11) is 0. The van der Waals surface area contributed by atoms with Crippen LogP contribution in [0.1, 0.15) is 146 Å². The minimum absolute atomic E-state index is 0. The predicted octanol–water partition coefficient (Wildman–Crippen LogP) is 10.6. The summed E-state index contributed by atoms with van der Waals surface area (Å²) in [5.74, 6) is -0.858. The number of carbonyl (C=O) groups is 4. The maximum Gasteiger partial charge on any atom is 0.341 e. The van der Waals surface area contributed by atoms with Crippen molar-refractivity contribution in [3.63, 3.8) is 0 Å². The minimum atomic E-state index is -1.00. The highest BCUT2D eigenvalue weighted by Gasteiger charge is 2.18. The molecular weight excluding hydrogens is 935 g/mol. The highest BCUT2D eigenvalue weighted by molar-refractivity contribution is 9.10. The fraction of sp³-hybridized carbons (Fsp3) is 0.360. The molecule has 0 aliphatic carbocycles. The molecule has 3 N–H and O–H groups in total. The molecule has 0 fully saturated rings. The van der Waals surface area contributed by atoms with Crippen LogP contribution in [0.4, 0.5) is 5.95 Å². The zero-order valence-electron chi connectivity index (χ0n) is 44.9. The van der Waals surface area contributed by atoms with Crippen molar-refractivity contribution in [3.8, 4) is 22.8 Å². The molecule has 0 radical (unpaired) electrons. The van der Waals surface area contributed by atoms with Crippen molar-refractivity contribution < 1.29 is 47.3 Å². The molecule has 2 aromatic carbocycles. The second-order valence-corrected chi connectivity index (χ2v) is 17.6. The molecule has 0 bridgehead atoms. The van der Waals surface area contributed by atoms with Gasteiger partial charge in [-0.1, -0.05) is 90.1 Å². The minimum Gasteiger partial charge on any atom is -0.478 e. The number of rotatable bonds is 9. The zero-order chi connectivity index (χ0) is 54.9. The van der Waals surface area contributed by atoms with Gasteiger partial charge in [0, 0.05) is 44.7 Å². The lowest BCUT2D eigenvalue weighted by Crippen LogP contribution is -2.11. The Labute approximate surface area is 415 Å². The first-order chi connectivity index (χ1) is 33.9. The molecule has 0 saturated heterocycles. The van der Waals surface area contributed by atoms with Crippen molar-refractivity contribution in [3.05, 3.63) is 134 Å². The Kier molecular flexibility index (Phi) is 19.2. The van der Waals surface area contributed by atoms with E-state index in [2.05, 4.69) is 122 Å². The van der Waals surface area contributed by atoms with E-state index in [0.29, 0.717) is 75.7 Å². The molecule has 0 saturated carbocycles. The molecular formula is C50H68BrN9O8. The Morgan fingerprint density at radius 2 is 0.868 bits per heavy atom. The van der Waals surface area contributed by atoms with Crippen LogP contribution in [-0.2, 0) is 25.0 Å². The first kappa shape index (κ1) is 51.9. The summed E-state index contributed by atoms with van der Waals surface area (Å²) in [5, 5.41) is 8.97. The third-order valence-corrected chi connectivity index (χ3v) is 10.0. The average Bonchev–Trinajstić information content (AvgIpc) is 3.33. The van der Waals surface area contributed by atoms with E-state index in [4.69, 9.17) is 31.0 Å². The second kappa shape index (κ2) is 25.2. The molecule has 6 rings (SSSR count). The predicted molar refractivity (Wildman–Crippen MR) is 271 cm³/mol. The van der Waals surface area contributed by atoms with Gasteiger partial charge in [-0.15, -0.1) is 0 Å². The van der Waals surface area contributed by atoms with Gasteiger partial charge in [0.1, 0.15) is 0 Å². The van der Waals surface area contributed by atoms with Crippen molar-refractivity contribution in [2.45, 2.75) is 101 Å². The first-order valence-electron chi connectivity index (χ1n) is 23.6. The number of aryl methyl sites for hydroxylation is 4. The fourth-order valence-electron chi connectivity index (χ4n) is 5.81. The van der Waals surface area contributed by atoms with E-state index < -0.39 is 11.9 Å². The second-order valence-electron chi connectivity index (χ2n) is 16.9. The molecule has 0 aliphatic heterocycles. The van der Waals surface area contributed by atoms with Crippen LogP contribution in [0.25, 0.3) is 22.8 Å². The maximum absolute atomic E-state index is 11.8. The molecule has 18 heteroatoms. The molecule has 0 aliphatic rings. The van der Waals surface area contributed by atoms with E-state index in [-0.39, 0.29) is 37.1 Å². The van der Waals surface area contributed by atoms with Crippen LogP contribution in [0.2, 0.25) is 0 Å². The number of aromatic carboxylic acids is 1. The average molecular weight is 1020 g/mol. The Bertz CT molecular complexity index is 2650. The third-order valence-electron chi connectivity index (χ3n) is 9.64. The highest BCUT2D eigenvalue weighted by Crippen LogP contribution is 2.26. The van der Waals surface area contributed by atoms with Crippen LogP contribution in [-0.4, -0.2) is 88.7 Å². The number of nitrogens with two attached hydrogens (primary N) is 1. The normalized spacial score (nSPS) is 11.0. The molecule has 368 valence electrons. The van der Waals surface area contributed by atoms with Crippen LogP contribution in [0.3, 0.4) is 0 Å². The van der Waals surface area contributed by atoms with E-state index in [9.17, 15) is 19.2 Å². The van der Waals surface area contributed by atoms with E-state index >= 15 is 0 Å². The van der Waals surface area contributed by atoms with Gasteiger partial charge in [-0.05, 0) is 86.4 Å². The van der Waals surface area contributed by atoms with Crippen molar-refractivity contribution in [1.82, 2.24) is 39.9 Å². The van der Waals surface area contributed by atoms with Crippen molar-refractivity contribution >= 4 is 45.8 Å². The van der Waals surface area contributed by atoms with Gasteiger partial charge in [-0.2, -0.15) is 0 Å². The van der Waals surface area contributed by atoms with Gasteiger partial charge in [0.2, 0.25) is 5.95 Å². The molecule has 0 atom stereocenters. The van der Waals surface area contributed by atoms with Crippen molar-refractivity contribution in [2.75, 3.05) is 25.6 Å². The monoisotopic (exact) mass is 1010 g/mol. The van der Waals surface area contributed by atoms with E-state index in [1.54, 1.807) is 48.5 Å². The Morgan fingerprint density at radius 1 is 0.544 bits per heavy atom. The van der Waals surface area contributed by atoms with Crippen molar-refractivity contribution in [1.29, 1.82) is 0 Å². The summed E-state index contributed by atoms with van der Waals surface area (Å²) >= 11 is 3.11. The number of carbonyl (C=O) groups excluding carboxylic acids is 3. The number of nitrogen functional groups attached to an aromatic ring is 1. The number of anilines is 1. The number of carboxylic acid groups (broad SMARTS) is 1. The lowest BCUT2D eigenvalue weighted by atomic mass is 9.86. The number of hydrogen-bond acceptors (Lipinski definition) is 16. The van der Waals surface area contributed by atoms with Crippen molar-refractivity contribution in [2.24, 2.45) is 0 Å². The summed E-state index contributed by atoms with van der Waals surface area (Å²) in [6, 6.07) is 16.3. The fourth-order valence-corrected chi connectivity index (χ4v) is 6.18. The van der Waals surface area contributed by atoms with Crippen LogP contribution in [0, 0.1) is 27.7 Å². The van der Waals surface area contributed by atoms with E-state index in [1.165, 1.54) is 35.9 Å². The van der Waals surface area contributed by atoms with E-state index in [1.807, 2.05) is 24.3 Å². The molecule has 17 nitrogen and oxygen atoms in total. The standard InChI is InChI=1S/C18H22N2O2.C16H18N2O2.C8H9BrN2O2.C8H11N3O2.4H2/c1-6-22-17(21)15-11-19-16(20-12(15)2)13-7-9-14(10-8-13)18(3,4)5;1-10-13(15(19)20)9-17-14(18-10)11-5-7-12(8-6-11)16(2,3)4;2*1-3-13-7(12)6-4-10-8(9)11-5(6)2;;;;/h7-11H,6H2,1-5H3;5-9H,1-4H3,(H,19,20);4H,3H2,1-2H3;4H,3H2,1-2H3,(H2,9,10,11);4*1H/i;;;;2*1+2T;2*1+2. The van der Waals surface area contributed by atoms with Crippen LogP contribution in [0.5, 0.6) is 0 Å². The Balaban J connectivity index is 0. The van der Waals surface area contributed by atoms with Crippen LogP contribution in [0.15, 0.2) is 78.1 Å². The van der Waals surface area contributed by atoms with Gasteiger partial charge >= 0.3 is 23.9 Å². The number of carboxylic acids is 1. The summed E-state index contributed by atoms with van der Waals surface area (Å²) in [6.45, 7) is 26.2. The quantitative estimate of drug-likeness (QED) is 0.0776. The third kappa shape index (κ3) is 16.4. The highest BCUT2D eigenvalue weighted by atomic mass is 79.9. The SMILES string of the molecule is CCOC(=O)c1cnc(-c2ccc(C(C)(C)C)cc2)nc1C.CCOC(=O)c1cnc(Br)nc1C.CCOC(=O)c1cnc(N)nc1C.Cc1nc(-c2ccc(C(C)(C)C)cc2)ncc1C(=O)O.[3HH].[3HH].[3H][3H].[3H][3H]. The lowest BCUT2D eigenvalue weighted by Gasteiger charge is -2.19. The molecule has 0 unspecified atom stereocenters. The molecule has 6 aromatic rings. The number of hydrogen-bond donors (Lipinski definition) is 2. The lowest BCUT2D eigenvalue weighted by molar-refractivity contribution is 0.0514. The smallest absolute Gasteiger partial charge is 0.341 e. The van der Waals surface area contributed by atoms with Gasteiger partial charge in [-0.3, -0.25) is 0 Å². The van der Waals surface area contributed by atoms with Gasteiger partial charge < -0.3 is 25.1 Å². The maximum atomic E-state index is 11.8. The summed E-state index contributed by atoms with van der Waals surface area (Å²) in [5.41, 5.74) is 13.4. The number of nitrogens with zero attached hydrogens (tertiary/aromatic N) is 8. The zero-order valence-corrected chi connectivity index (χ0v) is 42.5. The van der Waals surface area contributed by atoms with Gasteiger partial charge in [-0.25, -0.2) is 59.0 Å². The number of ether oxygens (including phenoxy) is 3. The summed E-state index contributed by atoms with van der Waals surface area (Å²) in [6.07, 6.45) is 5.71. The van der Waals surface area contributed by atoms with Crippen LogP contribution < -0.4 is 5.73 Å². The van der Waals surface area contributed by atoms with Gasteiger partial charge in [0.05, 0.1) is 64.9 Å². The molecule has 0 amide bonds. The molecule has 0 spiro atoms. The molecule has 68 heavy (non-hydrogen) atoms. The Hall–Kier alpha value is -7.08. The number of halogens is 1. The largest absolute Gasteiger partial charge is 0.478 e. The molecule has 4 aromatic heterocycles.